The molecule has 0 aromatic rings. The zero-order chi connectivity index (χ0) is 12.6. The van der Waals surface area contributed by atoms with E-state index in [1.807, 2.05) is 0 Å². The summed E-state index contributed by atoms with van der Waals surface area (Å²) in [5, 5.41) is 3.24. The highest BCUT2D eigenvalue weighted by Crippen LogP contribution is 2.23. The summed E-state index contributed by atoms with van der Waals surface area (Å²) in [6.45, 7) is 11.2. The van der Waals surface area contributed by atoms with Crippen LogP contribution in [0.3, 0.4) is 0 Å². The van der Waals surface area contributed by atoms with Gasteiger partial charge in [-0.25, -0.2) is 0 Å². The summed E-state index contributed by atoms with van der Waals surface area (Å²) in [6, 6.07) is 0. The molecule has 1 unspecified atom stereocenters. The summed E-state index contributed by atoms with van der Waals surface area (Å²) >= 11 is 0. The molecule has 4 heteroatoms. The van der Waals surface area contributed by atoms with Crippen molar-refractivity contribution in [3.05, 3.63) is 0 Å². The van der Waals surface area contributed by atoms with Gasteiger partial charge >= 0.3 is 0 Å². The molecule has 2 heterocycles. The first kappa shape index (κ1) is 12.8. The minimum Gasteiger partial charge on any atom is -0.339 e. The molecule has 0 radical (unpaired) electrons. The summed E-state index contributed by atoms with van der Waals surface area (Å²) < 4.78 is 0. The molecule has 1 N–H and O–H groups in total. The molecule has 17 heavy (non-hydrogen) atoms. The second-order valence-corrected chi connectivity index (χ2v) is 6.20. The average molecular weight is 239 g/mol. The van der Waals surface area contributed by atoms with E-state index < -0.39 is 0 Å². The number of carbonyl (C=O) groups excluding carboxylic acids is 1. The molecule has 0 aromatic carbocycles. The second kappa shape index (κ2) is 4.58. The zero-order valence-electron chi connectivity index (χ0n) is 11.5. The molecule has 2 rings (SSSR count). The van der Waals surface area contributed by atoms with E-state index in [0.717, 1.165) is 32.7 Å². The van der Waals surface area contributed by atoms with Crippen LogP contribution in [0.1, 0.15) is 20.8 Å². The highest BCUT2D eigenvalue weighted by Gasteiger charge is 2.37. The summed E-state index contributed by atoms with van der Waals surface area (Å²) in [4.78, 5) is 16.8. The number of hydrogen-bond donors (Lipinski definition) is 1. The molecule has 0 saturated carbocycles. The van der Waals surface area contributed by atoms with E-state index in [1.54, 1.807) is 0 Å². The molecular weight excluding hydrogens is 214 g/mol. The fourth-order valence-corrected chi connectivity index (χ4v) is 2.58. The lowest BCUT2D eigenvalue weighted by molar-refractivity contribution is -0.142. The summed E-state index contributed by atoms with van der Waals surface area (Å²) in [7, 11) is 2.14. The van der Waals surface area contributed by atoms with E-state index >= 15 is 0 Å². The van der Waals surface area contributed by atoms with E-state index in [9.17, 15) is 4.79 Å². The number of hydrogen-bond acceptors (Lipinski definition) is 3. The maximum Gasteiger partial charge on any atom is 0.225 e. The lowest BCUT2D eigenvalue weighted by Gasteiger charge is -2.46. The molecular formula is C13H25N3O. The number of piperazine rings is 1. The average Bonchev–Trinajstić information content (AvgIpc) is 2.18. The van der Waals surface area contributed by atoms with Crippen LogP contribution in [-0.4, -0.2) is 61.0 Å². The Morgan fingerprint density at radius 2 is 2.00 bits per heavy atom. The summed E-state index contributed by atoms with van der Waals surface area (Å²) in [6.07, 6.45) is 0. The van der Waals surface area contributed by atoms with Crippen LogP contribution in [0, 0.1) is 11.8 Å². The van der Waals surface area contributed by atoms with Gasteiger partial charge in [-0.1, -0.05) is 6.92 Å². The van der Waals surface area contributed by atoms with Crippen molar-refractivity contribution in [3.63, 3.8) is 0 Å². The number of rotatable bonds is 2. The Morgan fingerprint density at radius 1 is 1.35 bits per heavy atom. The molecule has 2 aliphatic heterocycles. The number of amides is 1. The monoisotopic (exact) mass is 239 g/mol. The molecule has 2 saturated heterocycles. The fraction of sp³-hybridized carbons (Fsp3) is 0.923. The van der Waals surface area contributed by atoms with Crippen LogP contribution in [0.15, 0.2) is 0 Å². The molecule has 4 nitrogen and oxygen atoms in total. The van der Waals surface area contributed by atoms with Crippen LogP contribution < -0.4 is 5.32 Å². The third-order valence-corrected chi connectivity index (χ3v) is 4.54. The van der Waals surface area contributed by atoms with E-state index in [0.29, 0.717) is 11.8 Å². The standard InChI is InChI=1S/C13H25N3O/c1-10(11-7-14-8-11)12(17)16-6-5-15(4)13(2,3)9-16/h10-11,14H,5-9H2,1-4H3. The van der Waals surface area contributed by atoms with Gasteiger partial charge in [-0.05, 0) is 39.9 Å². The first-order chi connectivity index (χ1) is 7.92. The van der Waals surface area contributed by atoms with Gasteiger partial charge in [0.2, 0.25) is 5.91 Å². The minimum atomic E-state index is 0.103. The Morgan fingerprint density at radius 3 is 2.47 bits per heavy atom. The van der Waals surface area contributed by atoms with Crippen LogP contribution in [0.5, 0.6) is 0 Å². The van der Waals surface area contributed by atoms with Gasteiger partial charge in [-0.15, -0.1) is 0 Å². The molecule has 0 aromatic heterocycles. The Kier molecular flexibility index (Phi) is 3.46. The van der Waals surface area contributed by atoms with Gasteiger partial charge in [0.05, 0.1) is 0 Å². The lowest BCUT2D eigenvalue weighted by Crippen LogP contribution is -2.61. The van der Waals surface area contributed by atoms with Crippen LogP contribution >= 0.6 is 0 Å². The van der Waals surface area contributed by atoms with Gasteiger partial charge in [-0.2, -0.15) is 0 Å². The Labute approximate surface area is 104 Å². The van der Waals surface area contributed by atoms with Gasteiger partial charge in [-0.3, -0.25) is 9.69 Å². The van der Waals surface area contributed by atoms with Crippen LogP contribution in [0.4, 0.5) is 0 Å². The van der Waals surface area contributed by atoms with Crippen molar-refractivity contribution in [1.82, 2.24) is 15.1 Å². The normalized spacial score (nSPS) is 27.6. The highest BCUT2D eigenvalue weighted by molar-refractivity contribution is 5.79. The third kappa shape index (κ3) is 2.47. The van der Waals surface area contributed by atoms with Gasteiger partial charge in [0.1, 0.15) is 0 Å². The number of nitrogens with zero attached hydrogens (tertiary/aromatic N) is 2. The summed E-state index contributed by atoms with van der Waals surface area (Å²) in [5.41, 5.74) is 0.103. The second-order valence-electron chi connectivity index (χ2n) is 6.20. The predicted molar refractivity (Wildman–Crippen MR) is 68.8 cm³/mol. The van der Waals surface area contributed by atoms with Gasteiger partial charge in [0.15, 0.2) is 0 Å². The van der Waals surface area contributed by atoms with Crippen LogP contribution in [0.25, 0.3) is 0 Å². The largest absolute Gasteiger partial charge is 0.339 e. The van der Waals surface area contributed by atoms with Crippen molar-refractivity contribution >= 4 is 5.91 Å². The highest BCUT2D eigenvalue weighted by atomic mass is 16.2. The maximum atomic E-state index is 12.4. The van der Waals surface area contributed by atoms with E-state index in [1.165, 1.54) is 0 Å². The van der Waals surface area contributed by atoms with E-state index in [-0.39, 0.29) is 11.5 Å². The first-order valence-corrected chi connectivity index (χ1v) is 6.62. The molecule has 0 spiro atoms. The van der Waals surface area contributed by atoms with Gasteiger partial charge < -0.3 is 10.2 Å². The molecule has 2 aliphatic rings. The quantitative estimate of drug-likeness (QED) is 0.757. The molecule has 98 valence electrons. The smallest absolute Gasteiger partial charge is 0.225 e. The maximum absolute atomic E-state index is 12.4. The van der Waals surface area contributed by atoms with Crippen molar-refractivity contribution in [1.29, 1.82) is 0 Å². The topological polar surface area (TPSA) is 35.6 Å². The van der Waals surface area contributed by atoms with E-state index in [4.69, 9.17) is 0 Å². The van der Waals surface area contributed by atoms with Gasteiger partial charge in [0.25, 0.3) is 0 Å². The zero-order valence-corrected chi connectivity index (χ0v) is 11.5. The molecule has 1 atom stereocenters. The predicted octanol–water partition coefficient (Wildman–Crippen LogP) is 0.395. The van der Waals surface area contributed by atoms with Crippen molar-refractivity contribution in [2.24, 2.45) is 11.8 Å². The van der Waals surface area contributed by atoms with Crippen LogP contribution in [-0.2, 0) is 4.79 Å². The molecule has 2 fully saturated rings. The molecule has 1 amide bonds. The Hall–Kier alpha value is -0.610. The van der Waals surface area contributed by atoms with Gasteiger partial charge in [0, 0.05) is 31.1 Å². The van der Waals surface area contributed by atoms with E-state index in [2.05, 4.69) is 42.9 Å². The Balaban J connectivity index is 1.95. The number of nitrogens with one attached hydrogen (secondary N) is 1. The third-order valence-electron chi connectivity index (χ3n) is 4.54. The van der Waals surface area contributed by atoms with Crippen molar-refractivity contribution < 1.29 is 4.79 Å². The SMILES string of the molecule is CC(C(=O)N1CCN(C)C(C)(C)C1)C1CNC1. The number of carbonyl (C=O) groups is 1. The summed E-state index contributed by atoms with van der Waals surface area (Å²) in [5.74, 6) is 1.07. The lowest BCUT2D eigenvalue weighted by atomic mass is 9.87. The van der Waals surface area contributed by atoms with Crippen molar-refractivity contribution in [2.75, 3.05) is 39.8 Å². The number of likely N-dealkylation sites (N-methyl/N-ethyl adjacent to an activating group) is 1. The van der Waals surface area contributed by atoms with Crippen molar-refractivity contribution in [2.45, 2.75) is 26.3 Å². The molecule has 0 aliphatic carbocycles. The Bertz CT molecular complexity index is 299. The van der Waals surface area contributed by atoms with Crippen molar-refractivity contribution in [3.8, 4) is 0 Å². The molecule has 0 bridgehead atoms. The first-order valence-electron chi connectivity index (χ1n) is 6.62. The fourth-order valence-electron chi connectivity index (χ4n) is 2.58. The minimum absolute atomic E-state index is 0.103. The van der Waals surface area contributed by atoms with Crippen LogP contribution in [0.2, 0.25) is 0 Å².